The molecule has 0 saturated carbocycles. The molecule has 2 saturated heterocycles. The van der Waals surface area contributed by atoms with Crippen LogP contribution in [0.3, 0.4) is 0 Å². The number of ether oxygens (including phenoxy) is 2. The molecule has 0 bridgehead atoms. The fourth-order valence-electron chi connectivity index (χ4n) is 3.15. The first-order chi connectivity index (χ1) is 12.1. The Morgan fingerprint density at radius 3 is 2.80 bits per heavy atom. The first-order valence-corrected chi connectivity index (χ1v) is 11.0. The number of nitrogens with zero attached hydrogens (tertiary/aromatic N) is 2. The second-order valence-electron chi connectivity index (χ2n) is 6.46. The van der Waals surface area contributed by atoms with Crippen molar-refractivity contribution in [3.8, 4) is 0 Å². The molecular formula is C16H26N2O5S2. The lowest BCUT2D eigenvalue weighted by molar-refractivity contribution is -0.0270. The molecule has 142 valence electrons. The van der Waals surface area contributed by atoms with Crippen molar-refractivity contribution in [1.82, 2.24) is 9.21 Å². The fourth-order valence-corrected chi connectivity index (χ4v) is 5.72. The lowest BCUT2D eigenvalue weighted by Gasteiger charge is -2.34. The number of aliphatic hydroxyl groups is 1. The minimum atomic E-state index is -3.37. The van der Waals surface area contributed by atoms with Crippen molar-refractivity contribution >= 4 is 21.4 Å². The first kappa shape index (κ1) is 19.2. The quantitative estimate of drug-likeness (QED) is 0.701. The summed E-state index contributed by atoms with van der Waals surface area (Å²) in [5, 5.41) is 11.9. The third kappa shape index (κ3) is 5.22. The SMILES string of the molecule is O=S(=O)(c1cccs1)N1CCN(C[C@@H](O)COC[C@H]2CCCO2)CC1. The van der Waals surface area contributed by atoms with Gasteiger partial charge in [-0.2, -0.15) is 4.31 Å². The number of thiophene rings is 1. The average Bonchev–Trinajstić information content (AvgIpc) is 3.29. The summed E-state index contributed by atoms with van der Waals surface area (Å²) in [4.78, 5) is 2.08. The molecule has 0 unspecified atom stereocenters. The molecule has 0 aliphatic carbocycles. The molecule has 9 heteroatoms. The van der Waals surface area contributed by atoms with E-state index in [9.17, 15) is 13.5 Å². The van der Waals surface area contributed by atoms with Gasteiger partial charge in [-0.1, -0.05) is 6.07 Å². The summed E-state index contributed by atoms with van der Waals surface area (Å²) in [6.45, 7) is 4.25. The average molecular weight is 391 g/mol. The Morgan fingerprint density at radius 2 is 2.16 bits per heavy atom. The highest BCUT2D eigenvalue weighted by atomic mass is 32.2. The monoisotopic (exact) mass is 390 g/mol. The smallest absolute Gasteiger partial charge is 0.252 e. The van der Waals surface area contributed by atoms with Crippen LogP contribution in [0.25, 0.3) is 0 Å². The van der Waals surface area contributed by atoms with Crippen molar-refractivity contribution in [1.29, 1.82) is 0 Å². The fraction of sp³-hybridized carbons (Fsp3) is 0.750. The maximum absolute atomic E-state index is 12.5. The highest BCUT2D eigenvalue weighted by molar-refractivity contribution is 7.91. The molecule has 2 aliphatic heterocycles. The van der Waals surface area contributed by atoms with E-state index in [1.165, 1.54) is 15.6 Å². The first-order valence-electron chi connectivity index (χ1n) is 8.69. The number of sulfonamides is 1. The predicted molar refractivity (Wildman–Crippen MR) is 95.3 cm³/mol. The summed E-state index contributed by atoms with van der Waals surface area (Å²) >= 11 is 1.24. The highest BCUT2D eigenvalue weighted by Gasteiger charge is 2.29. The van der Waals surface area contributed by atoms with Crippen LogP contribution in [0, 0.1) is 0 Å². The Balaban J connectivity index is 1.37. The number of rotatable bonds is 8. The second kappa shape index (κ2) is 8.90. The molecule has 25 heavy (non-hydrogen) atoms. The summed E-state index contributed by atoms with van der Waals surface area (Å²) in [5.74, 6) is 0. The van der Waals surface area contributed by atoms with Gasteiger partial charge in [-0.05, 0) is 24.3 Å². The molecule has 0 aromatic carbocycles. The predicted octanol–water partition coefficient (Wildman–Crippen LogP) is 0.611. The topological polar surface area (TPSA) is 79.3 Å². The van der Waals surface area contributed by atoms with Crippen LogP contribution in [0.5, 0.6) is 0 Å². The lowest BCUT2D eigenvalue weighted by Crippen LogP contribution is -2.50. The molecule has 3 rings (SSSR count). The van der Waals surface area contributed by atoms with Gasteiger partial charge in [-0.25, -0.2) is 8.42 Å². The van der Waals surface area contributed by atoms with Gasteiger partial charge < -0.3 is 14.6 Å². The third-order valence-corrected chi connectivity index (χ3v) is 7.80. The molecule has 0 amide bonds. The van der Waals surface area contributed by atoms with Gasteiger partial charge in [0.1, 0.15) is 4.21 Å². The van der Waals surface area contributed by atoms with Crippen molar-refractivity contribution in [2.24, 2.45) is 0 Å². The van der Waals surface area contributed by atoms with E-state index < -0.39 is 16.1 Å². The van der Waals surface area contributed by atoms with E-state index in [1.807, 2.05) is 0 Å². The van der Waals surface area contributed by atoms with Gasteiger partial charge >= 0.3 is 0 Å². The highest BCUT2D eigenvalue weighted by Crippen LogP contribution is 2.22. The van der Waals surface area contributed by atoms with E-state index in [4.69, 9.17) is 9.47 Å². The normalized spacial score (nSPS) is 24.6. The number of β-amino-alcohol motifs (C(OH)–C–C–N with tert-alkyl or cyclic N) is 1. The van der Waals surface area contributed by atoms with Crippen LogP contribution in [0.1, 0.15) is 12.8 Å². The Morgan fingerprint density at radius 1 is 1.36 bits per heavy atom. The molecule has 7 nitrogen and oxygen atoms in total. The van der Waals surface area contributed by atoms with Crippen molar-refractivity contribution in [2.75, 3.05) is 52.5 Å². The minimum absolute atomic E-state index is 0.165. The molecule has 2 atom stereocenters. The van der Waals surface area contributed by atoms with Crippen LogP contribution in [-0.4, -0.2) is 87.5 Å². The van der Waals surface area contributed by atoms with Crippen molar-refractivity contribution in [3.05, 3.63) is 17.5 Å². The Kier molecular flexibility index (Phi) is 6.84. The van der Waals surface area contributed by atoms with E-state index >= 15 is 0 Å². The summed E-state index contributed by atoms with van der Waals surface area (Å²) in [6, 6.07) is 3.39. The number of piperazine rings is 1. The molecule has 1 aromatic rings. The van der Waals surface area contributed by atoms with Gasteiger partial charge in [0.15, 0.2) is 0 Å². The lowest BCUT2D eigenvalue weighted by atomic mass is 10.2. The van der Waals surface area contributed by atoms with Gasteiger partial charge in [0.2, 0.25) is 0 Å². The summed E-state index contributed by atoms with van der Waals surface area (Å²) in [5.41, 5.74) is 0. The Bertz CT molecular complexity index is 608. The molecule has 2 aliphatic rings. The van der Waals surface area contributed by atoms with Gasteiger partial charge in [0, 0.05) is 39.3 Å². The summed E-state index contributed by atoms with van der Waals surface area (Å²) in [6.07, 6.45) is 1.70. The van der Waals surface area contributed by atoms with E-state index in [1.54, 1.807) is 17.5 Å². The van der Waals surface area contributed by atoms with Crippen molar-refractivity contribution in [3.63, 3.8) is 0 Å². The summed E-state index contributed by atoms with van der Waals surface area (Å²) < 4.78 is 37.9. The number of hydrogen-bond donors (Lipinski definition) is 1. The Labute approximate surface area is 153 Å². The molecule has 0 spiro atoms. The molecule has 1 aromatic heterocycles. The van der Waals surface area contributed by atoms with Crippen LogP contribution >= 0.6 is 11.3 Å². The Hall–Kier alpha value is -0.550. The zero-order valence-corrected chi connectivity index (χ0v) is 15.9. The van der Waals surface area contributed by atoms with Gasteiger partial charge in [-0.15, -0.1) is 11.3 Å². The number of hydrogen-bond acceptors (Lipinski definition) is 7. The van der Waals surface area contributed by atoms with Crippen LogP contribution in [0.4, 0.5) is 0 Å². The van der Waals surface area contributed by atoms with Crippen LogP contribution < -0.4 is 0 Å². The summed E-state index contributed by atoms with van der Waals surface area (Å²) in [7, 11) is -3.37. The standard InChI is InChI=1S/C16H26N2O5S2/c19-14(12-22-13-15-3-1-9-23-15)11-17-5-7-18(8-6-17)25(20,21)16-4-2-10-24-16/h2,4,10,14-15,19H,1,3,5-9,11-13H2/t14-,15-/m1/s1. The van der Waals surface area contributed by atoms with Crippen LogP contribution in [0.15, 0.2) is 21.7 Å². The molecule has 0 radical (unpaired) electrons. The van der Waals surface area contributed by atoms with Crippen LogP contribution in [-0.2, 0) is 19.5 Å². The van der Waals surface area contributed by atoms with E-state index in [2.05, 4.69) is 4.90 Å². The van der Waals surface area contributed by atoms with Crippen molar-refractivity contribution in [2.45, 2.75) is 29.3 Å². The van der Waals surface area contributed by atoms with Gasteiger partial charge in [0.25, 0.3) is 10.0 Å². The van der Waals surface area contributed by atoms with Gasteiger partial charge in [-0.3, -0.25) is 4.90 Å². The van der Waals surface area contributed by atoms with E-state index in [0.29, 0.717) is 43.5 Å². The zero-order chi connectivity index (χ0) is 17.7. The maximum Gasteiger partial charge on any atom is 0.252 e. The van der Waals surface area contributed by atoms with Crippen LogP contribution in [0.2, 0.25) is 0 Å². The molecule has 3 heterocycles. The zero-order valence-electron chi connectivity index (χ0n) is 14.2. The maximum atomic E-state index is 12.5. The van der Waals surface area contributed by atoms with E-state index in [0.717, 1.165) is 19.4 Å². The second-order valence-corrected chi connectivity index (χ2v) is 9.58. The van der Waals surface area contributed by atoms with Gasteiger partial charge in [0.05, 0.1) is 25.4 Å². The van der Waals surface area contributed by atoms with Crippen molar-refractivity contribution < 1.29 is 23.0 Å². The third-order valence-electron chi connectivity index (χ3n) is 4.53. The number of aliphatic hydroxyl groups excluding tert-OH is 1. The largest absolute Gasteiger partial charge is 0.389 e. The molecule has 2 fully saturated rings. The minimum Gasteiger partial charge on any atom is -0.389 e. The molecular weight excluding hydrogens is 364 g/mol. The molecule has 1 N–H and O–H groups in total. The van der Waals surface area contributed by atoms with E-state index in [-0.39, 0.29) is 12.7 Å².